The molecular weight excluding hydrogens is 566 g/mol. The Kier molecular flexibility index (Phi) is 9.30. The minimum absolute atomic E-state index is 0.0479. The van der Waals surface area contributed by atoms with E-state index in [1.807, 2.05) is 12.1 Å². The highest BCUT2D eigenvalue weighted by atomic mass is 35.5. The molecule has 0 radical (unpaired) electrons. The quantitative estimate of drug-likeness (QED) is 0.281. The Morgan fingerprint density at radius 1 is 1.05 bits per heavy atom. The number of carbonyl (C=O) groups excluding carboxylic acids is 1. The van der Waals surface area contributed by atoms with Gasteiger partial charge in [0, 0.05) is 76.2 Å². The average molecular weight is 599 g/mol. The minimum Gasteiger partial charge on any atom is -0.353 e. The number of aromatic nitrogens is 1. The molecule has 3 aromatic rings. The van der Waals surface area contributed by atoms with Crippen molar-refractivity contribution in [3.63, 3.8) is 0 Å². The number of anilines is 1. The van der Waals surface area contributed by atoms with Crippen LogP contribution in [0.1, 0.15) is 47.3 Å². The van der Waals surface area contributed by atoms with Crippen LogP contribution < -0.4 is 10.2 Å². The number of hydrogen-bond acceptors (Lipinski definition) is 7. The van der Waals surface area contributed by atoms with Gasteiger partial charge in [-0.1, -0.05) is 29.8 Å². The van der Waals surface area contributed by atoms with Crippen molar-refractivity contribution in [2.45, 2.75) is 38.4 Å². The predicted molar refractivity (Wildman–Crippen MR) is 157 cm³/mol. The molecule has 2 aliphatic heterocycles. The van der Waals surface area contributed by atoms with Gasteiger partial charge in [-0.25, -0.2) is 13.8 Å². The van der Waals surface area contributed by atoms with E-state index in [-0.39, 0.29) is 23.2 Å². The number of halogens is 3. The minimum atomic E-state index is -0.962. The molecule has 2 fully saturated rings. The summed E-state index contributed by atoms with van der Waals surface area (Å²) >= 11 is 6.54. The lowest BCUT2D eigenvalue weighted by molar-refractivity contribution is -0.384. The van der Waals surface area contributed by atoms with Gasteiger partial charge in [0.25, 0.3) is 11.6 Å². The van der Waals surface area contributed by atoms with Crippen LogP contribution in [-0.2, 0) is 6.54 Å². The first-order valence-electron chi connectivity index (χ1n) is 14.0. The van der Waals surface area contributed by atoms with Crippen LogP contribution in [0.25, 0.3) is 0 Å². The van der Waals surface area contributed by atoms with Crippen LogP contribution in [0.5, 0.6) is 0 Å². The van der Waals surface area contributed by atoms with E-state index in [1.165, 1.54) is 12.3 Å². The van der Waals surface area contributed by atoms with E-state index in [0.29, 0.717) is 28.0 Å². The standard InChI is InChI=1S/C30H33ClF2N6O3/c1-20(22-3-5-25(6-4-22)39(41)42)36-10-8-24(9-11-36)37-12-14-38(15-13-37)29-26(31)17-23(19-34-29)30(40)35-18-21-2-7-27(32)28(33)16-21/h2-7,16-17,19-20,24H,8-15,18H2,1H3,(H,35,40). The number of nitro benzene ring substituents is 1. The summed E-state index contributed by atoms with van der Waals surface area (Å²) in [6.07, 6.45) is 3.60. The molecule has 1 atom stereocenters. The summed E-state index contributed by atoms with van der Waals surface area (Å²) in [6, 6.07) is 12.6. The van der Waals surface area contributed by atoms with Crippen LogP contribution in [0.15, 0.2) is 54.7 Å². The van der Waals surface area contributed by atoms with Gasteiger partial charge in [-0.15, -0.1) is 0 Å². The molecule has 2 saturated heterocycles. The topological polar surface area (TPSA) is 94.8 Å². The van der Waals surface area contributed by atoms with E-state index in [0.717, 1.165) is 69.8 Å². The maximum atomic E-state index is 13.4. The van der Waals surface area contributed by atoms with Crippen molar-refractivity contribution in [2.75, 3.05) is 44.2 Å². The molecule has 12 heteroatoms. The number of benzene rings is 2. The zero-order valence-corrected chi connectivity index (χ0v) is 24.1. The third-order valence-electron chi connectivity index (χ3n) is 8.28. The number of likely N-dealkylation sites (tertiary alicyclic amines) is 1. The number of piperidine rings is 1. The summed E-state index contributed by atoms with van der Waals surface area (Å²) in [5, 5.41) is 14.0. The maximum Gasteiger partial charge on any atom is 0.269 e. The smallest absolute Gasteiger partial charge is 0.269 e. The lowest BCUT2D eigenvalue weighted by atomic mass is 9.98. The lowest BCUT2D eigenvalue weighted by Crippen LogP contribution is -2.53. The van der Waals surface area contributed by atoms with Gasteiger partial charge < -0.3 is 10.2 Å². The lowest BCUT2D eigenvalue weighted by Gasteiger charge is -2.44. The summed E-state index contributed by atoms with van der Waals surface area (Å²) < 4.78 is 26.5. The summed E-state index contributed by atoms with van der Waals surface area (Å²) in [4.78, 5) is 34.7. The molecule has 9 nitrogen and oxygen atoms in total. The summed E-state index contributed by atoms with van der Waals surface area (Å²) in [7, 11) is 0. The van der Waals surface area contributed by atoms with E-state index in [2.05, 4.69) is 31.9 Å². The molecule has 0 spiro atoms. The van der Waals surface area contributed by atoms with E-state index in [1.54, 1.807) is 18.2 Å². The largest absolute Gasteiger partial charge is 0.353 e. The van der Waals surface area contributed by atoms with Gasteiger partial charge in [0.15, 0.2) is 11.6 Å². The normalized spacial score (nSPS) is 17.7. The molecule has 42 heavy (non-hydrogen) atoms. The number of nitrogens with zero attached hydrogens (tertiary/aromatic N) is 5. The first kappa shape index (κ1) is 29.8. The molecule has 5 rings (SSSR count). The van der Waals surface area contributed by atoms with E-state index < -0.39 is 17.5 Å². The maximum absolute atomic E-state index is 13.4. The SMILES string of the molecule is CC(c1ccc([N+](=O)[O-])cc1)N1CCC(N2CCN(c3ncc(C(=O)NCc4ccc(F)c(F)c4)cc3Cl)CC2)CC1. The number of carbonyl (C=O) groups is 1. The fourth-order valence-corrected chi connectivity index (χ4v) is 6.03. The zero-order valence-electron chi connectivity index (χ0n) is 23.3. The summed E-state index contributed by atoms with van der Waals surface area (Å²) in [6.45, 7) is 7.45. The van der Waals surface area contributed by atoms with Crippen molar-refractivity contribution < 1.29 is 18.5 Å². The Labute approximate surface area is 248 Å². The Morgan fingerprint density at radius 3 is 2.36 bits per heavy atom. The second-order valence-corrected chi connectivity index (χ2v) is 11.2. The van der Waals surface area contributed by atoms with Crippen LogP contribution in [0, 0.1) is 21.7 Å². The van der Waals surface area contributed by atoms with E-state index in [4.69, 9.17) is 11.6 Å². The van der Waals surface area contributed by atoms with Crippen LogP contribution in [0.2, 0.25) is 5.02 Å². The highest BCUT2D eigenvalue weighted by molar-refractivity contribution is 6.33. The average Bonchev–Trinajstić information content (AvgIpc) is 3.01. The van der Waals surface area contributed by atoms with Crippen molar-refractivity contribution in [1.29, 1.82) is 0 Å². The predicted octanol–water partition coefficient (Wildman–Crippen LogP) is 5.20. The van der Waals surface area contributed by atoms with Gasteiger partial charge in [-0.05, 0) is 49.1 Å². The summed E-state index contributed by atoms with van der Waals surface area (Å²) in [5.41, 5.74) is 1.93. The number of pyridine rings is 1. The van der Waals surface area contributed by atoms with Crippen molar-refractivity contribution in [2.24, 2.45) is 0 Å². The Hall–Kier alpha value is -3.67. The number of amides is 1. The fraction of sp³-hybridized carbons (Fsp3) is 0.400. The molecule has 1 unspecified atom stereocenters. The number of rotatable bonds is 8. The third kappa shape index (κ3) is 6.86. The molecular formula is C30H33ClF2N6O3. The van der Waals surface area contributed by atoms with Gasteiger partial charge >= 0.3 is 0 Å². The molecule has 1 amide bonds. The van der Waals surface area contributed by atoms with Crippen molar-refractivity contribution in [3.8, 4) is 0 Å². The van der Waals surface area contributed by atoms with Crippen molar-refractivity contribution >= 4 is 29.0 Å². The van der Waals surface area contributed by atoms with Crippen molar-refractivity contribution in [1.82, 2.24) is 20.1 Å². The van der Waals surface area contributed by atoms with Gasteiger partial charge in [0.1, 0.15) is 5.82 Å². The number of nitrogens with one attached hydrogen (secondary N) is 1. The Morgan fingerprint density at radius 2 is 1.74 bits per heavy atom. The number of nitro groups is 1. The Balaban J connectivity index is 1.09. The van der Waals surface area contributed by atoms with Gasteiger partial charge in [0.2, 0.25) is 0 Å². The molecule has 0 saturated carbocycles. The van der Waals surface area contributed by atoms with Crippen LogP contribution in [-0.4, -0.2) is 70.9 Å². The summed E-state index contributed by atoms with van der Waals surface area (Å²) in [5.74, 6) is -1.66. The van der Waals surface area contributed by atoms with Gasteiger partial charge in [-0.3, -0.25) is 24.7 Å². The van der Waals surface area contributed by atoms with Crippen LogP contribution >= 0.6 is 11.6 Å². The second-order valence-electron chi connectivity index (χ2n) is 10.8. The molecule has 0 bridgehead atoms. The molecule has 3 heterocycles. The number of non-ortho nitro benzene ring substituents is 1. The third-order valence-corrected chi connectivity index (χ3v) is 8.56. The molecule has 222 valence electrons. The van der Waals surface area contributed by atoms with Gasteiger partial charge in [0.05, 0.1) is 15.5 Å². The van der Waals surface area contributed by atoms with Crippen LogP contribution in [0.3, 0.4) is 0 Å². The van der Waals surface area contributed by atoms with E-state index in [9.17, 15) is 23.7 Å². The van der Waals surface area contributed by atoms with E-state index >= 15 is 0 Å². The first-order valence-corrected chi connectivity index (χ1v) is 14.4. The molecule has 1 aromatic heterocycles. The molecule has 2 aliphatic rings. The highest BCUT2D eigenvalue weighted by Crippen LogP contribution is 2.29. The van der Waals surface area contributed by atoms with Gasteiger partial charge in [-0.2, -0.15) is 0 Å². The number of hydrogen-bond donors (Lipinski definition) is 1. The fourth-order valence-electron chi connectivity index (χ4n) is 5.74. The number of piperazine rings is 1. The monoisotopic (exact) mass is 598 g/mol. The molecule has 0 aliphatic carbocycles. The Bertz CT molecular complexity index is 1430. The molecule has 2 aromatic carbocycles. The van der Waals surface area contributed by atoms with Crippen LogP contribution in [0.4, 0.5) is 20.3 Å². The first-order chi connectivity index (χ1) is 20.2. The molecule has 1 N–H and O–H groups in total. The highest BCUT2D eigenvalue weighted by Gasteiger charge is 2.30. The second kappa shape index (κ2) is 13.1. The zero-order chi connectivity index (χ0) is 29.8. The van der Waals surface area contributed by atoms with Crippen molar-refractivity contribution in [3.05, 3.63) is 98.2 Å².